The van der Waals surface area contributed by atoms with Crippen LogP contribution in [0.3, 0.4) is 0 Å². The molecule has 0 aliphatic carbocycles. The Balaban J connectivity index is 2.68. The third-order valence-corrected chi connectivity index (χ3v) is 3.30. The minimum absolute atomic E-state index is 0.117. The topological polar surface area (TPSA) is 79.4 Å². The molecule has 0 fully saturated rings. The lowest BCUT2D eigenvalue weighted by molar-refractivity contribution is 0.313. The molecular formula is C11H17NO4S. The summed E-state index contributed by atoms with van der Waals surface area (Å²) in [6.45, 7) is 2.34. The van der Waals surface area contributed by atoms with Crippen LogP contribution in [0, 0.1) is 0 Å². The highest BCUT2D eigenvalue weighted by molar-refractivity contribution is 7.84. The van der Waals surface area contributed by atoms with Gasteiger partial charge in [0.15, 0.2) is 5.75 Å². The van der Waals surface area contributed by atoms with Gasteiger partial charge in [0.2, 0.25) is 5.43 Å². The first-order chi connectivity index (χ1) is 8.17. The number of pyridine rings is 1. The Kier molecular flexibility index (Phi) is 5.93. The first-order valence-electron chi connectivity index (χ1n) is 5.47. The molecule has 0 aliphatic rings. The third-order valence-electron chi connectivity index (χ3n) is 2.03. The number of hydrogen-bond donors (Lipinski definition) is 2. The summed E-state index contributed by atoms with van der Waals surface area (Å²) >= 11 is 0. The van der Waals surface area contributed by atoms with Gasteiger partial charge in [0.05, 0.1) is 19.0 Å². The zero-order chi connectivity index (χ0) is 12.7. The molecule has 0 aliphatic heterocycles. The summed E-state index contributed by atoms with van der Waals surface area (Å²) in [5.74, 6) is 0.739. The fourth-order valence-corrected chi connectivity index (χ4v) is 2.12. The van der Waals surface area contributed by atoms with Gasteiger partial charge in [-0.2, -0.15) is 0 Å². The Morgan fingerprint density at radius 2 is 2.29 bits per heavy atom. The molecule has 1 aromatic heterocycles. The summed E-state index contributed by atoms with van der Waals surface area (Å²) in [5, 5.41) is 8.63. The van der Waals surface area contributed by atoms with Crippen molar-refractivity contribution < 1.29 is 14.1 Å². The smallest absolute Gasteiger partial charge is 0.223 e. The quantitative estimate of drug-likeness (QED) is 0.743. The van der Waals surface area contributed by atoms with E-state index in [9.17, 15) is 9.00 Å². The number of aromatic amines is 1. The fourth-order valence-electron chi connectivity index (χ4n) is 1.26. The summed E-state index contributed by atoms with van der Waals surface area (Å²) in [4.78, 5) is 14.5. The van der Waals surface area contributed by atoms with E-state index in [1.807, 2.05) is 6.92 Å². The molecule has 0 saturated heterocycles. The number of hydrogen-bond acceptors (Lipinski definition) is 4. The number of H-pyrrole nitrogens is 1. The van der Waals surface area contributed by atoms with Gasteiger partial charge >= 0.3 is 0 Å². The van der Waals surface area contributed by atoms with Crippen LogP contribution in [0.5, 0.6) is 5.75 Å². The van der Waals surface area contributed by atoms with Crippen molar-refractivity contribution in [2.24, 2.45) is 0 Å². The van der Waals surface area contributed by atoms with Gasteiger partial charge in [0.1, 0.15) is 0 Å². The average Bonchev–Trinajstić information content (AvgIpc) is 2.28. The van der Waals surface area contributed by atoms with Crippen LogP contribution in [-0.4, -0.2) is 33.3 Å². The molecule has 1 atom stereocenters. The fraction of sp³-hybridized carbons (Fsp3) is 0.545. The van der Waals surface area contributed by atoms with Gasteiger partial charge < -0.3 is 14.8 Å². The van der Waals surface area contributed by atoms with Gasteiger partial charge in [-0.1, -0.05) is 6.92 Å². The van der Waals surface area contributed by atoms with Crippen LogP contribution in [0.15, 0.2) is 17.1 Å². The molecule has 5 nitrogen and oxygen atoms in total. The molecule has 1 unspecified atom stereocenters. The molecule has 1 heterocycles. The minimum atomic E-state index is -1.15. The maximum absolute atomic E-state index is 11.6. The van der Waals surface area contributed by atoms with Crippen molar-refractivity contribution in [3.63, 3.8) is 0 Å². The molecule has 6 heteroatoms. The Bertz CT molecular complexity index is 430. The molecule has 0 amide bonds. The van der Waals surface area contributed by atoms with E-state index in [1.165, 1.54) is 12.3 Å². The summed E-state index contributed by atoms with van der Waals surface area (Å²) < 4.78 is 16.6. The second kappa shape index (κ2) is 7.24. The van der Waals surface area contributed by atoms with Crippen LogP contribution in [0.4, 0.5) is 0 Å². The minimum Gasteiger partial charge on any atom is -0.488 e. The van der Waals surface area contributed by atoms with Crippen molar-refractivity contribution in [3.8, 4) is 5.75 Å². The van der Waals surface area contributed by atoms with Gasteiger partial charge in [0.25, 0.3) is 0 Å². The lowest BCUT2D eigenvalue weighted by Gasteiger charge is -2.05. The molecule has 0 bridgehead atoms. The second-order valence-electron chi connectivity index (χ2n) is 3.55. The van der Waals surface area contributed by atoms with Crippen LogP contribution in [0.25, 0.3) is 0 Å². The Morgan fingerprint density at radius 1 is 1.53 bits per heavy atom. The number of aliphatic hydroxyl groups excluding tert-OH is 1. The Morgan fingerprint density at radius 3 is 2.88 bits per heavy atom. The normalized spacial score (nSPS) is 12.4. The van der Waals surface area contributed by atoms with E-state index in [4.69, 9.17) is 9.84 Å². The van der Waals surface area contributed by atoms with Gasteiger partial charge in [-0.25, -0.2) is 0 Å². The van der Waals surface area contributed by atoms with Gasteiger partial charge in [-0.15, -0.1) is 0 Å². The van der Waals surface area contributed by atoms with E-state index in [1.54, 1.807) is 0 Å². The molecule has 1 rings (SSSR count). The highest BCUT2D eigenvalue weighted by atomic mass is 32.2. The van der Waals surface area contributed by atoms with Crippen LogP contribution in [0.1, 0.15) is 19.0 Å². The molecule has 0 aromatic carbocycles. The van der Waals surface area contributed by atoms with Crippen LogP contribution >= 0.6 is 0 Å². The van der Waals surface area contributed by atoms with Crippen molar-refractivity contribution >= 4 is 10.8 Å². The van der Waals surface area contributed by atoms with Crippen molar-refractivity contribution in [3.05, 3.63) is 28.2 Å². The SMILES string of the molecule is CCCOc1c[nH]c(CS(=O)CCO)cc1=O. The van der Waals surface area contributed by atoms with E-state index in [2.05, 4.69) is 4.98 Å². The second-order valence-corrected chi connectivity index (χ2v) is 5.12. The zero-order valence-corrected chi connectivity index (χ0v) is 10.6. The molecule has 0 spiro atoms. The predicted octanol–water partition coefficient (Wildman–Crippen LogP) is 0.405. The van der Waals surface area contributed by atoms with Gasteiger partial charge in [-0.3, -0.25) is 9.00 Å². The first kappa shape index (κ1) is 13.9. The number of aromatic nitrogens is 1. The molecule has 17 heavy (non-hydrogen) atoms. The Hall–Kier alpha value is -1.14. The van der Waals surface area contributed by atoms with Crippen LogP contribution in [0.2, 0.25) is 0 Å². The average molecular weight is 259 g/mol. The van der Waals surface area contributed by atoms with Crippen molar-refractivity contribution in [2.75, 3.05) is 19.0 Å². The number of rotatable bonds is 7. The van der Waals surface area contributed by atoms with Gasteiger partial charge in [-0.05, 0) is 6.42 Å². The first-order valence-corrected chi connectivity index (χ1v) is 6.96. The summed E-state index contributed by atoms with van der Waals surface area (Å²) in [6, 6.07) is 1.39. The summed E-state index contributed by atoms with van der Waals surface area (Å²) in [6.07, 6.45) is 2.32. The van der Waals surface area contributed by atoms with Crippen molar-refractivity contribution in [2.45, 2.75) is 19.1 Å². The summed E-state index contributed by atoms with van der Waals surface area (Å²) in [5.41, 5.74) is 0.374. The van der Waals surface area contributed by atoms with E-state index in [0.29, 0.717) is 12.3 Å². The lowest BCUT2D eigenvalue weighted by atomic mass is 10.3. The standard InChI is InChI=1S/C11H17NO4S/c1-2-4-16-11-7-12-9(6-10(11)14)8-17(15)5-3-13/h6-7,13H,2-5,8H2,1H3,(H,12,14). The number of ether oxygens (including phenoxy) is 1. The van der Waals surface area contributed by atoms with Crippen molar-refractivity contribution in [1.29, 1.82) is 0 Å². The number of nitrogens with one attached hydrogen (secondary N) is 1. The number of aliphatic hydroxyl groups is 1. The molecule has 96 valence electrons. The molecule has 2 N–H and O–H groups in total. The van der Waals surface area contributed by atoms with E-state index in [-0.39, 0.29) is 29.3 Å². The van der Waals surface area contributed by atoms with Crippen molar-refractivity contribution in [1.82, 2.24) is 4.98 Å². The maximum atomic E-state index is 11.6. The zero-order valence-electron chi connectivity index (χ0n) is 9.77. The monoisotopic (exact) mass is 259 g/mol. The van der Waals surface area contributed by atoms with E-state index >= 15 is 0 Å². The third kappa shape index (κ3) is 4.70. The molecule has 0 radical (unpaired) electrons. The van der Waals surface area contributed by atoms with E-state index < -0.39 is 10.8 Å². The summed E-state index contributed by atoms with van der Waals surface area (Å²) in [7, 11) is -1.15. The highest BCUT2D eigenvalue weighted by Crippen LogP contribution is 2.04. The van der Waals surface area contributed by atoms with E-state index in [0.717, 1.165) is 6.42 Å². The lowest BCUT2D eigenvalue weighted by Crippen LogP contribution is -2.12. The largest absolute Gasteiger partial charge is 0.488 e. The molecule has 0 saturated carbocycles. The maximum Gasteiger partial charge on any atom is 0.223 e. The molecular weight excluding hydrogens is 242 g/mol. The predicted molar refractivity (Wildman–Crippen MR) is 66.6 cm³/mol. The Labute approximate surface area is 102 Å². The van der Waals surface area contributed by atoms with Gasteiger partial charge in [0, 0.05) is 34.5 Å². The van der Waals surface area contributed by atoms with Crippen LogP contribution < -0.4 is 10.2 Å². The van der Waals surface area contributed by atoms with Crippen LogP contribution in [-0.2, 0) is 16.6 Å². The molecule has 1 aromatic rings. The highest BCUT2D eigenvalue weighted by Gasteiger charge is 2.05.